The Labute approximate surface area is 105 Å². The molecule has 2 N–H and O–H groups in total. The third-order valence-corrected chi connectivity index (χ3v) is 2.39. The summed E-state index contributed by atoms with van der Waals surface area (Å²) in [4.78, 5) is 22.5. The van der Waals surface area contributed by atoms with Crippen LogP contribution < -0.4 is 5.32 Å². The highest BCUT2D eigenvalue weighted by Gasteiger charge is 2.19. The summed E-state index contributed by atoms with van der Waals surface area (Å²) in [6.45, 7) is 0. The number of carbonyl (C=O) groups excluding carboxylic acids is 1. The highest BCUT2D eigenvalue weighted by molar-refractivity contribution is 5.84. The number of benzene rings is 1. The number of rotatable bonds is 6. The van der Waals surface area contributed by atoms with Crippen LogP contribution in [0.4, 0.5) is 0 Å². The van der Waals surface area contributed by atoms with Crippen molar-refractivity contribution in [2.75, 3.05) is 0 Å². The van der Waals surface area contributed by atoms with Crippen molar-refractivity contribution in [3.63, 3.8) is 0 Å². The van der Waals surface area contributed by atoms with Gasteiger partial charge in [-0.3, -0.25) is 4.79 Å². The van der Waals surface area contributed by atoms with Gasteiger partial charge in [-0.25, -0.2) is 4.79 Å². The van der Waals surface area contributed by atoms with Gasteiger partial charge in [-0.15, -0.1) is 0 Å². The predicted octanol–water partition coefficient (Wildman–Crippen LogP) is 1.10. The Balaban J connectivity index is 2.52. The molecule has 1 aromatic rings. The van der Waals surface area contributed by atoms with E-state index in [1.165, 1.54) is 0 Å². The van der Waals surface area contributed by atoms with Crippen molar-refractivity contribution < 1.29 is 14.7 Å². The van der Waals surface area contributed by atoms with Crippen LogP contribution in [-0.2, 0) is 16.0 Å². The minimum atomic E-state index is -1.12. The minimum absolute atomic E-state index is 0.0998. The topological polar surface area (TPSA) is 90.2 Å². The molecule has 0 aliphatic heterocycles. The van der Waals surface area contributed by atoms with Crippen molar-refractivity contribution in [2.24, 2.45) is 0 Å². The standard InChI is InChI=1S/C13H14N2O3/c14-8-4-7-11(13(17)18)15-12(16)9-10-5-2-1-3-6-10/h1-3,5-6,11H,4,7,9H2,(H,15,16)(H,17,18)/t11-/m0/s1. The van der Waals surface area contributed by atoms with E-state index in [2.05, 4.69) is 5.32 Å². The lowest BCUT2D eigenvalue weighted by Crippen LogP contribution is -2.41. The van der Waals surface area contributed by atoms with Crippen LogP contribution in [0.3, 0.4) is 0 Å². The third kappa shape index (κ3) is 4.66. The zero-order valence-electron chi connectivity index (χ0n) is 9.80. The molecule has 0 unspecified atom stereocenters. The molecule has 0 saturated heterocycles. The summed E-state index contributed by atoms with van der Waals surface area (Å²) in [7, 11) is 0. The van der Waals surface area contributed by atoms with Crippen molar-refractivity contribution in [2.45, 2.75) is 25.3 Å². The van der Waals surface area contributed by atoms with Gasteiger partial charge in [-0.05, 0) is 12.0 Å². The Morgan fingerprint density at radius 2 is 2.00 bits per heavy atom. The van der Waals surface area contributed by atoms with Crippen molar-refractivity contribution in [3.8, 4) is 6.07 Å². The largest absolute Gasteiger partial charge is 0.480 e. The molecule has 0 heterocycles. The molecule has 0 aromatic heterocycles. The Bertz CT molecular complexity index is 451. The molecule has 0 saturated carbocycles. The molecule has 5 nitrogen and oxygen atoms in total. The van der Waals surface area contributed by atoms with Gasteiger partial charge in [0.2, 0.25) is 5.91 Å². The van der Waals surface area contributed by atoms with E-state index in [1.807, 2.05) is 24.3 Å². The Morgan fingerprint density at radius 3 is 2.56 bits per heavy atom. The molecule has 1 atom stereocenters. The summed E-state index contributed by atoms with van der Waals surface area (Å²) in [5.74, 6) is -1.47. The van der Waals surface area contributed by atoms with Gasteiger partial charge in [0.25, 0.3) is 0 Å². The smallest absolute Gasteiger partial charge is 0.326 e. The van der Waals surface area contributed by atoms with Crippen LogP contribution in [0.1, 0.15) is 18.4 Å². The summed E-state index contributed by atoms with van der Waals surface area (Å²) >= 11 is 0. The van der Waals surface area contributed by atoms with Gasteiger partial charge >= 0.3 is 5.97 Å². The van der Waals surface area contributed by atoms with Gasteiger partial charge in [-0.1, -0.05) is 30.3 Å². The van der Waals surface area contributed by atoms with E-state index in [0.29, 0.717) is 0 Å². The second-order valence-electron chi connectivity index (χ2n) is 3.82. The Kier molecular flexibility index (Phi) is 5.39. The summed E-state index contributed by atoms with van der Waals surface area (Å²) in [6.07, 6.45) is 0.353. The van der Waals surface area contributed by atoms with Crippen LogP contribution >= 0.6 is 0 Å². The fourth-order valence-corrected chi connectivity index (χ4v) is 1.49. The van der Waals surface area contributed by atoms with Gasteiger partial charge in [0.15, 0.2) is 0 Å². The van der Waals surface area contributed by atoms with E-state index in [0.717, 1.165) is 5.56 Å². The van der Waals surface area contributed by atoms with Gasteiger partial charge in [-0.2, -0.15) is 5.26 Å². The lowest BCUT2D eigenvalue weighted by atomic mass is 10.1. The highest BCUT2D eigenvalue weighted by Crippen LogP contribution is 2.01. The summed E-state index contributed by atoms with van der Waals surface area (Å²) in [6, 6.07) is 9.92. The van der Waals surface area contributed by atoms with Gasteiger partial charge in [0, 0.05) is 6.42 Å². The van der Waals surface area contributed by atoms with Crippen LogP contribution in [0.2, 0.25) is 0 Å². The maximum Gasteiger partial charge on any atom is 0.326 e. The number of nitrogens with zero attached hydrogens (tertiary/aromatic N) is 1. The average Bonchev–Trinajstić information content (AvgIpc) is 2.35. The van der Waals surface area contributed by atoms with Crippen LogP contribution in [0.15, 0.2) is 30.3 Å². The second kappa shape index (κ2) is 7.07. The molecule has 0 bridgehead atoms. The molecule has 1 rings (SSSR count). The number of carboxylic acids is 1. The second-order valence-corrected chi connectivity index (χ2v) is 3.82. The molecular weight excluding hydrogens is 232 g/mol. The first-order chi connectivity index (χ1) is 8.63. The number of hydrogen-bond acceptors (Lipinski definition) is 3. The molecule has 0 aliphatic rings. The maximum absolute atomic E-state index is 11.6. The SMILES string of the molecule is N#CCC[C@H](NC(=O)Cc1ccccc1)C(=O)O. The van der Waals surface area contributed by atoms with Crippen LogP contribution in [0, 0.1) is 11.3 Å². The predicted molar refractivity (Wildman–Crippen MR) is 64.6 cm³/mol. The van der Waals surface area contributed by atoms with Crippen molar-refractivity contribution in [1.82, 2.24) is 5.32 Å². The molecule has 0 fully saturated rings. The molecule has 94 valence electrons. The number of nitriles is 1. The number of nitrogens with one attached hydrogen (secondary N) is 1. The summed E-state index contributed by atoms with van der Waals surface area (Å²) in [5, 5.41) is 19.7. The van der Waals surface area contributed by atoms with Crippen LogP contribution in [-0.4, -0.2) is 23.0 Å². The molecule has 5 heteroatoms. The Morgan fingerprint density at radius 1 is 1.33 bits per heavy atom. The number of carboxylic acid groups (broad SMARTS) is 1. The first-order valence-corrected chi connectivity index (χ1v) is 5.56. The van der Waals surface area contributed by atoms with E-state index in [4.69, 9.17) is 10.4 Å². The van der Waals surface area contributed by atoms with E-state index in [1.54, 1.807) is 12.1 Å². The molecule has 0 aliphatic carbocycles. The minimum Gasteiger partial charge on any atom is -0.480 e. The monoisotopic (exact) mass is 246 g/mol. The lowest BCUT2D eigenvalue weighted by Gasteiger charge is -2.12. The number of amides is 1. The quantitative estimate of drug-likeness (QED) is 0.786. The lowest BCUT2D eigenvalue weighted by molar-refractivity contribution is -0.141. The van der Waals surface area contributed by atoms with E-state index in [-0.39, 0.29) is 25.2 Å². The van der Waals surface area contributed by atoms with Crippen molar-refractivity contribution >= 4 is 11.9 Å². The number of aliphatic carboxylic acids is 1. The van der Waals surface area contributed by atoms with Gasteiger partial charge in [0.05, 0.1) is 12.5 Å². The van der Waals surface area contributed by atoms with Crippen LogP contribution in [0.25, 0.3) is 0 Å². The molecule has 1 aromatic carbocycles. The average molecular weight is 246 g/mol. The zero-order chi connectivity index (χ0) is 13.4. The van der Waals surface area contributed by atoms with E-state index >= 15 is 0 Å². The fourth-order valence-electron chi connectivity index (χ4n) is 1.49. The van der Waals surface area contributed by atoms with E-state index < -0.39 is 12.0 Å². The van der Waals surface area contributed by atoms with Crippen LogP contribution in [0.5, 0.6) is 0 Å². The Hall–Kier alpha value is -2.35. The molecular formula is C13H14N2O3. The van der Waals surface area contributed by atoms with Crippen molar-refractivity contribution in [1.29, 1.82) is 5.26 Å². The molecule has 0 radical (unpaired) electrons. The fraction of sp³-hybridized carbons (Fsp3) is 0.308. The first kappa shape index (κ1) is 13.7. The van der Waals surface area contributed by atoms with E-state index in [9.17, 15) is 9.59 Å². The van der Waals surface area contributed by atoms with Gasteiger partial charge in [0.1, 0.15) is 6.04 Å². The first-order valence-electron chi connectivity index (χ1n) is 5.56. The highest BCUT2D eigenvalue weighted by atomic mass is 16.4. The molecule has 18 heavy (non-hydrogen) atoms. The summed E-state index contributed by atoms with van der Waals surface area (Å²) < 4.78 is 0. The normalized spacial score (nSPS) is 11.3. The summed E-state index contributed by atoms with van der Waals surface area (Å²) in [5.41, 5.74) is 0.819. The van der Waals surface area contributed by atoms with Crippen molar-refractivity contribution in [3.05, 3.63) is 35.9 Å². The number of hydrogen-bond donors (Lipinski definition) is 2. The zero-order valence-corrected chi connectivity index (χ0v) is 9.80. The molecule has 0 spiro atoms. The third-order valence-electron chi connectivity index (χ3n) is 2.39. The number of carbonyl (C=O) groups is 2. The maximum atomic E-state index is 11.6. The molecule has 1 amide bonds. The van der Waals surface area contributed by atoms with Gasteiger partial charge < -0.3 is 10.4 Å².